The minimum atomic E-state index is -0.396. The van der Waals surface area contributed by atoms with Crippen molar-refractivity contribution in [2.75, 3.05) is 15.5 Å². The van der Waals surface area contributed by atoms with Crippen molar-refractivity contribution in [3.63, 3.8) is 0 Å². The Labute approximate surface area is 151 Å². The lowest BCUT2D eigenvalue weighted by molar-refractivity contribution is -0.121. The van der Waals surface area contributed by atoms with Crippen LogP contribution in [0, 0.1) is 0 Å². The number of nitrogens with zero attached hydrogens (tertiary/aromatic N) is 3. The normalized spacial score (nSPS) is 14.1. The zero-order chi connectivity index (χ0) is 18.1. The van der Waals surface area contributed by atoms with Gasteiger partial charge in [-0.2, -0.15) is 0 Å². The number of pyridine rings is 1. The molecule has 0 unspecified atom stereocenters. The Morgan fingerprint density at radius 3 is 2.58 bits per heavy atom. The number of carbonyl (C=O) groups excluding carboxylic acids is 3. The fourth-order valence-electron chi connectivity index (χ4n) is 2.61. The van der Waals surface area contributed by atoms with E-state index in [0.29, 0.717) is 22.0 Å². The zero-order valence-electron chi connectivity index (χ0n) is 13.4. The third kappa shape index (κ3) is 3.11. The summed E-state index contributed by atoms with van der Waals surface area (Å²) in [6.07, 6.45) is 3.60. The Morgan fingerprint density at radius 2 is 1.85 bits per heavy atom. The topological polar surface area (TPSA) is 104 Å². The van der Waals surface area contributed by atoms with E-state index in [9.17, 15) is 14.4 Å². The number of nitrogens with one attached hydrogen (secondary N) is 2. The third-order valence-electron chi connectivity index (χ3n) is 3.80. The number of urea groups is 1. The first kappa shape index (κ1) is 16.2. The fraction of sp³-hybridized carbons (Fsp3) is 0.118. The minimum Gasteiger partial charge on any atom is -0.308 e. The molecule has 26 heavy (non-hydrogen) atoms. The highest BCUT2D eigenvalue weighted by Gasteiger charge is 2.32. The zero-order valence-corrected chi connectivity index (χ0v) is 14.2. The predicted octanol–water partition coefficient (Wildman–Crippen LogP) is 2.99. The van der Waals surface area contributed by atoms with E-state index in [0.717, 1.165) is 9.60 Å². The van der Waals surface area contributed by atoms with E-state index in [-0.39, 0.29) is 24.7 Å². The van der Waals surface area contributed by atoms with Crippen molar-refractivity contribution in [1.29, 1.82) is 0 Å². The molecule has 8 nitrogen and oxygen atoms in total. The highest BCUT2D eigenvalue weighted by molar-refractivity contribution is 7.22. The largest absolute Gasteiger partial charge is 0.323 e. The van der Waals surface area contributed by atoms with Crippen LogP contribution in [-0.4, -0.2) is 27.8 Å². The molecule has 4 amide bonds. The molecule has 9 heteroatoms. The van der Waals surface area contributed by atoms with Gasteiger partial charge in [0.25, 0.3) is 0 Å². The number of anilines is 3. The molecule has 3 aromatic rings. The SMILES string of the molecule is O=C(Nc1cccnc1)Nc1ccc2nc(N3C(=O)CCC3=O)sc2c1. The van der Waals surface area contributed by atoms with E-state index in [1.165, 1.54) is 11.3 Å². The summed E-state index contributed by atoms with van der Waals surface area (Å²) in [4.78, 5) is 45.2. The van der Waals surface area contributed by atoms with Crippen molar-refractivity contribution in [3.8, 4) is 0 Å². The summed E-state index contributed by atoms with van der Waals surface area (Å²) in [7, 11) is 0. The Balaban J connectivity index is 1.53. The van der Waals surface area contributed by atoms with Crippen LogP contribution in [0.15, 0.2) is 42.7 Å². The van der Waals surface area contributed by atoms with Crippen LogP contribution in [0.5, 0.6) is 0 Å². The van der Waals surface area contributed by atoms with Gasteiger partial charge in [-0.1, -0.05) is 11.3 Å². The molecule has 0 saturated carbocycles. The number of thiazole rings is 1. The average molecular weight is 367 g/mol. The molecule has 1 fully saturated rings. The van der Waals surface area contributed by atoms with Crippen LogP contribution in [-0.2, 0) is 9.59 Å². The Kier molecular flexibility index (Phi) is 4.05. The van der Waals surface area contributed by atoms with E-state index < -0.39 is 6.03 Å². The smallest absolute Gasteiger partial charge is 0.308 e. The maximum atomic E-state index is 12.1. The number of imide groups is 1. The molecular formula is C17H13N5O3S. The van der Waals surface area contributed by atoms with E-state index in [1.807, 2.05) is 0 Å². The molecular weight excluding hydrogens is 354 g/mol. The van der Waals surface area contributed by atoms with Crippen molar-refractivity contribution in [1.82, 2.24) is 9.97 Å². The van der Waals surface area contributed by atoms with Gasteiger partial charge in [0.2, 0.25) is 11.8 Å². The fourth-order valence-corrected chi connectivity index (χ4v) is 3.65. The Bertz CT molecular complexity index is 1000. The van der Waals surface area contributed by atoms with Crippen molar-refractivity contribution >= 4 is 55.9 Å². The molecule has 4 rings (SSSR count). The predicted molar refractivity (Wildman–Crippen MR) is 98.2 cm³/mol. The molecule has 1 saturated heterocycles. The minimum absolute atomic E-state index is 0.218. The van der Waals surface area contributed by atoms with Crippen molar-refractivity contribution in [3.05, 3.63) is 42.7 Å². The van der Waals surface area contributed by atoms with Crippen molar-refractivity contribution in [2.24, 2.45) is 0 Å². The summed E-state index contributed by atoms with van der Waals surface area (Å²) in [5.74, 6) is -0.466. The molecule has 2 aromatic heterocycles. The number of hydrogen-bond donors (Lipinski definition) is 2. The van der Waals surface area contributed by atoms with E-state index in [2.05, 4.69) is 20.6 Å². The highest BCUT2D eigenvalue weighted by Crippen LogP contribution is 2.33. The van der Waals surface area contributed by atoms with Gasteiger partial charge in [0.1, 0.15) is 0 Å². The standard InChI is InChI=1S/C17H13N5O3S/c23-14-5-6-15(24)22(14)17-21-12-4-3-10(8-13(12)26-17)19-16(25)20-11-2-1-7-18-9-11/h1-4,7-9H,5-6H2,(H2,19,20,25). The lowest BCUT2D eigenvalue weighted by Gasteiger charge is -2.07. The maximum Gasteiger partial charge on any atom is 0.323 e. The number of rotatable bonds is 3. The first-order valence-electron chi connectivity index (χ1n) is 7.84. The van der Waals surface area contributed by atoms with Gasteiger partial charge >= 0.3 is 6.03 Å². The van der Waals surface area contributed by atoms with Gasteiger partial charge < -0.3 is 10.6 Å². The van der Waals surface area contributed by atoms with Gasteiger partial charge in [-0.05, 0) is 30.3 Å². The second-order valence-corrected chi connectivity index (χ2v) is 6.63. The number of amides is 4. The van der Waals surface area contributed by atoms with Crippen molar-refractivity contribution in [2.45, 2.75) is 12.8 Å². The van der Waals surface area contributed by atoms with Gasteiger partial charge in [0.15, 0.2) is 5.13 Å². The summed E-state index contributed by atoms with van der Waals surface area (Å²) < 4.78 is 0.770. The molecule has 130 valence electrons. The van der Waals surface area contributed by atoms with Gasteiger partial charge in [-0.15, -0.1) is 0 Å². The second-order valence-electron chi connectivity index (χ2n) is 5.62. The molecule has 0 atom stereocenters. The molecule has 0 bridgehead atoms. The lowest BCUT2D eigenvalue weighted by atomic mass is 10.3. The second kappa shape index (κ2) is 6.52. The number of aromatic nitrogens is 2. The van der Waals surface area contributed by atoms with Crippen LogP contribution in [0.25, 0.3) is 10.2 Å². The van der Waals surface area contributed by atoms with Crippen LogP contribution in [0.4, 0.5) is 21.3 Å². The molecule has 1 aliphatic heterocycles. The van der Waals surface area contributed by atoms with Crippen molar-refractivity contribution < 1.29 is 14.4 Å². The van der Waals surface area contributed by atoms with Gasteiger partial charge in [-0.3, -0.25) is 14.6 Å². The van der Waals surface area contributed by atoms with Gasteiger partial charge in [0.05, 0.1) is 22.1 Å². The van der Waals surface area contributed by atoms with E-state index in [1.54, 1.807) is 42.7 Å². The van der Waals surface area contributed by atoms with E-state index >= 15 is 0 Å². The first-order valence-corrected chi connectivity index (χ1v) is 8.66. The third-order valence-corrected chi connectivity index (χ3v) is 4.80. The van der Waals surface area contributed by atoms with Crippen LogP contribution in [0.2, 0.25) is 0 Å². The van der Waals surface area contributed by atoms with Gasteiger partial charge in [-0.25, -0.2) is 14.7 Å². The average Bonchev–Trinajstić information content (AvgIpc) is 3.17. The number of fused-ring (bicyclic) bond motifs is 1. The summed E-state index contributed by atoms with van der Waals surface area (Å²) in [5, 5.41) is 5.78. The summed E-state index contributed by atoms with van der Waals surface area (Å²) in [6, 6.07) is 8.26. The lowest BCUT2D eigenvalue weighted by Crippen LogP contribution is -2.28. The molecule has 0 spiro atoms. The highest BCUT2D eigenvalue weighted by atomic mass is 32.1. The number of hydrogen-bond acceptors (Lipinski definition) is 6. The number of carbonyl (C=O) groups is 3. The summed E-state index contributed by atoms with van der Waals surface area (Å²) >= 11 is 1.24. The Hall–Kier alpha value is -3.33. The van der Waals surface area contributed by atoms with E-state index in [4.69, 9.17) is 0 Å². The molecule has 0 aliphatic carbocycles. The van der Waals surface area contributed by atoms with Gasteiger partial charge in [0, 0.05) is 24.7 Å². The Morgan fingerprint density at radius 1 is 1.08 bits per heavy atom. The van der Waals surface area contributed by atoms with Crippen LogP contribution >= 0.6 is 11.3 Å². The summed E-state index contributed by atoms with van der Waals surface area (Å²) in [6.45, 7) is 0. The maximum absolute atomic E-state index is 12.1. The van der Waals surface area contributed by atoms with Crippen LogP contribution < -0.4 is 15.5 Å². The molecule has 3 heterocycles. The number of benzene rings is 1. The quantitative estimate of drug-likeness (QED) is 0.693. The molecule has 1 aliphatic rings. The monoisotopic (exact) mass is 367 g/mol. The molecule has 1 aromatic carbocycles. The van der Waals surface area contributed by atoms with Crippen LogP contribution in [0.3, 0.4) is 0 Å². The molecule has 2 N–H and O–H groups in total. The first-order chi connectivity index (χ1) is 12.6. The molecule has 0 radical (unpaired) electrons. The van der Waals surface area contributed by atoms with Crippen LogP contribution in [0.1, 0.15) is 12.8 Å². The summed E-state index contributed by atoms with van der Waals surface area (Å²) in [5.41, 5.74) is 1.82.